The van der Waals surface area contributed by atoms with Crippen LogP contribution >= 0.6 is 35.3 Å². The minimum Gasteiger partial charge on any atom is -0.507 e. The first-order valence-corrected chi connectivity index (χ1v) is 11.7. The SMILES string of the molecule is Cc1cc(-c2csc(C=C3SC(=S)N(CCCCCC(=O)O)C3=O)c2)cc(C)c1O. The van der Waals surface area contributed by atoms with E-state index in [-0.39, 0.29) is 12.3 Å². The third-order valence-electron chi connectivity index (χ3n) is 4.86. The van der Waals surface area contributed by atoms with Crippen molar-refractivity contribution in [1.82, 2.24) is 4.90 Å². The molecule has 30 heavy (non-hydrogen) atoms. The molecule has 2 aromatic rings. The van der Waals surface area contributed by atoms with Crippen LogP contribution in [0, 0.1) is 13.8 Å². The Morgan fingerprint density at radius 3 is 2.50 bits per heavy atom. The van der Waals surface area contributed by atoms with Crippen LogP contribution in [-0.2, 0) is 9.59 Å². The van der Waals surface area contributed by atoms with Crippen LogP contribution < -0.4 is 0 Å². The second-order valence-electron chi connectivity index (χ2n) is 7.23. The normalized spacial score (nSPS) is 15.4. The maximum Gasteiger partial charge on any atom is 0.303 e. The Labute approximate surface area is 189 Å². The molecule has 2 N–H and O–H groups in total. The molecule has 3 rings (SSSR count). The number of nitrogens with zero attached hydrogens (tertiary/aromatic N) is 1. The van der Waals surface area contributed by atoms with Crippen molar-refractivity contribution in [2.24, 2.45) is 0 Å². The van der Waals surface area contributed by atoms with Crippen LogP contribution in [0.1, 0.15) is 41.7 Å². The molecular weight excluding hydrogens is 438 g/mol. The van der Waals surface area contributed by atoms with E-state index in [2.05, 4.69) is 0 Å². The fourth-order valence-corrected chi connectivity index (χ4v) is 5.47. The largest absolute Gasteiger partial charge is 0.507 e. The maximum atomic E-state index is 12.7. The molecule has 158 valence electrons. The fraction of sp³-hybridized carbons (Fsp3) is 0.318. The maximum absolute atomic E-state index is 12.7. The van der Waals surface area contributed by atoms with Gasteiger partial charge in [0.15, 0.2) is 0 Å². The smallest absolute Gasteiger partial charge is 0.303 e. The van der Waals surface area contributed by atoms with Gasteiger partial charge in [-0.2, -0.15) is 0 Å². The molecular formula is C22H23NO4S3. The van der Waals surface area contributed by atoms with Crippen molar-refractivity contribution in [3.05, 3.63) is 44.5 Å². The standard InChI is InChI=1S/C22H23NO4S3/c1-13-8-15(9-14(2)20(13)26)16-10-17(29-12-16)11-18-21(27)23(22(28)30-18)7-5-3-4-6-19(24)25/h8-12,26H,3-7H2,1-2H3,(H,24,25). The Morgan fingerprint density at radius 2 is 1.83 bits per heavy atom. The first-order valence-electron chi connectivity index (χ1n) is 9.62. The number of thiophene rings is 1. The lowest BCUT2D eigenvalue weighted by Crippen LogP contribution is -2.29. The molecule has 8 heteroatoms. The Bertz CT molecular complexity index is 1000. The molecule has 0 radical (unpaired) electrons. The van der Waals surface area contributed by atoms with Crippen molar-refractivity contribution in [3.63, 3.8) is 0 Å². The van der Waals surface area contributed by atoms with E-state index in [1.807, 2.05) is 43.5 Å². The number of thioether (sulfide) groups is 1. The number of phenols is 1. The van der Waals surface area contributed by atoms with Crippen LogP contribution in [0.15, 0.2) is 28.5 Å². The number of unbranched alkanes of at least 4 members (excludes halogenated alkanes) is 2. The second kappa shape index (κ2) is 9.76. The highest BCUT2D eigenvalue weighted by Crippen LogP contribution is 2.36. The Balaban J connectivity index is 1.67. The van der Waals surface area contributed by atoms with Gasteiger partial charge in [-0.25, -0.2) is 0 Å². The highest BCUT2D eigenvalue weighted by Gasteiger charge is 2.31. The predicted molar refractivity (Wildman–Crippen MR) is 127 cm³/mol. The predicted octanol–water partition coefficient (Wildman–Crippen LogP) is 5.58. The van der Waals surface area contributed by atoms with E-state index in [9.17, 15) is 14.7 Å². The van der Waals surface area contributed by atoms with Crippen LogP contribution in [0.4, 0.5) is 0 Å². The molecule has 0 unspecified atom stereocenters. The Kier molecular flexibility index (Phi) is 7.33. The van der Waals surface area contributed by atoms with Gasteiger partial charge in [0.2, 0.25) is 0 Å². The Hall–Kier alpha value is -2.16. The number of hydrogen-bond acceptors (Lipinski definition) is 6. The first-order chi connectivity index (χ1) is 14.3. The third-order valence-corrected chi connectivity index (χ3v) is 7.12. The van der Waals surface area contributed by atoms with E-state index in [4.69, 9.17) is 17.3 Å². The molecule has 0 aliphatic carbocycles. The zero-order chi connectivity index (χ0) is 21.8. The topological polar surface area (TPSA) is 77.8 Å². The summed E-state index contributed by atoms with van der Waals surface area (Å²) < 4.78 is 0.547. The number of rotatable bonds is 8. The Morgan fingerprint density at radius 1 is 1.13 bits per heavy atom. The lowest BCUT2D eigenvalue weighted by atomic mass is 10.0. The molecule has 1 saturated heterocycles. The van der Waals surface area contributed by atoms with Crippen LogP contribution in [-0.4, -0.2) is 37.9 Å². The van der Waals surface area contributed by atoms with E-state index in [0.29, 0.717) is 27.9 Å². The van der Waals surface area contributed by atoms with Crippen molar-refractivity contribution in [2.45, 2.75) is 39.5 Å². The summed E-state index contributed by atoms with van der Waals surface area (Å²) in [5.41, 5.74) is 3.75. The number of aliphatic carboxylic acids is 1. The zero-order valence-corrected chi connectivity index (χ0v) is 19.3. The molecule has 1 aromatic carbocycles. The molecule has 0 atom stereocenters. The number of aryl methyl sites for hydroxylation is 2. The van der Waals surface area contributed by atoms with E-state index >= 15 is 0 Å². The molecule has 0 saturated carbocycles. The van der Waals surface area contributed by atoms with Gasteiger partial charge in [-0.1, -0.05) is 30.4 Å². The average molecular weight is 462 g/mol. The zero-order valence-electron chi connectivity index (χ0n) is 16.8. The number of phenolic OH excluding ortho intramolecular Hbond substituents is 1. The number of carboxylic acids is 1. The van der Waals surface area contributed by atoms with Crippen molar-refractivity contribution < 1.29 is 19.8 Å². The summed E-state index contributed by atoms with van der Waals surface area (Å²) >= 11 is 8.23. The van der Waals surface area contributed by atoms with E-state index in [0.717, 1.165) is 40.0 Å². The van der Waals surface area contributed by atoms with E-state index in [1.54, 1.807) is 16.2 Å². The highest BCUT2D eigenvalue weighted by atomic mass is 32.2. The number of thiocarbonyl (C=S) groups is 1. The molecule has 0 bridgehead atoms. The van der Waals surface area contributed by atoms with Crippen molar-refractivity contribution in [1.29, 1.82) is 0 Å². The second-order valence-corrected chi connectivity index (χ2v) is 9.85. The lowest BCUT2D eigenvalue weighted by Gasteiger charge is -2.13. The summed E-state index contributed by atoms with van der Waals surface area (Å²) in [7, 11) is 0. The number of carbonyl (C=O) groups excluding carboxylic acids is 1. The lowest BCUT2D eigenvalue weighted by molar-refractivity contribution is -0.137. The van der Waals surface area contributed by atoms with Gasteiger partial charge in [0, 0.05) is 17.8 Å². The molecule has 0 spiro atoms. The van der Waals surface area contributed by atoms with Crippen molar-refractivity contribution >= 4 is 57.6 Å². The summed E-state index contributed by atoms with van der Waals surface area (Å²) in [6.45, 7) is 4.28. The van der Waals surface area contributed by atoms with Gasteiger partial charge in [-0.3, -0.25) is 14.5 Å². The van der Waals surface area contributed by atoms with Crippen molar-refractivity contribution in [2.75, 3.05) is 6.54 Å². The summed E-state index contributed by atoms with van der Waals surface area (Å²) in [6, 6.07) is 5.95. The highest BCUT2D eigenvalue weighted by molar-refractivity contribution is 8.26. The molecule has 1 aromatic heterocycles. The fourth-order valence-electron chi connectivity index (χ4n) is 3.25. The van der Waals surface area contributed by atoms with E-state index in [1.165, 1.54) is 11.8 Å². The molecule has 1 fully saturated rings. The molecule has 5 nitrogen and oxygen atoms in total. The number of amides is 1. The van der Waals surface area contributed by atoms with Crippen LogP contribution in [0.5, 0.6) is 5.75 Å². The monoisotopic (exact) mass is 461 g/mol. The summed E-state index contributed by atoms with van der Waals surface area (Å²) in [6.07, 6.45) is 4.11. The third kappa shape index (κ3) is 5.30. The molecule has 2 heterocycles. The van der Waals surface area contributed by atoms with Gasteiger partial charge in [0.1, 0.15) is 10.1 Å². The minimum absolute atomic E-state index is 0.0884. The van der Waals surface area contributed by atoms with Gasteiger partial charge in [-0.05, 0) is 78.6 Å². The number of carbonyl (C=O) groups is 2. The summed E-state index contributed by atoms with van der Waals surface area (Å²) in [4.78, 5) is 26.5. The summed E-state index contributed by atoms with van der Waals surface area (Å²) in [5, 5.41) is 20.7. The number of benzene rings is 1. The van der Waals surface area contributed by atoms with Gasteiger partial charge in [-0.15, -0.1) is 11.3 Å². The van der Waals surface area contributed by atoms with Crippen molar-refractivity contribution in [3.8, 4) is 16.9 Å². The van der Waals surface area contributed by atoms with Crippen LogP contribution in [0.2, 0.25) is 0 Å². The number of aromatic hydroxyl groups is 1. The first kappa shape index (κ1) is 22.5. The van der Waals surface area contributed by atoms with E-state index < -0.39 is 5.97 Å². The van der Waals surface area contributed by atoms with Crippen LogP contribution in [0.3, 0.4) is 0 Å². The van der Waals surface area contributed by atoms with Gasteiger partial charge in [0.05, 0.1) is 4.91 Å². The molecule has 1 aliphatic heterocycles. The van der Waals surface area contributed by atoms with Gasteiger partial charge in [0.25, 0.3) is 5.91 Å². The van der Waals surface area contributed by atoms with Crippen LogP contribution in [0.25, 0.3) is 17.2 Å². The minimum atomic E-state index is -0.795. The summed E-state index contributed by atoms with van der Waals surface area (Å²) in [5.74, 6) is -0.563. The average Bonchev–Trinajstić information content (AvgIpc) is 3.25. The molecule has 1 amide bonds. The number of hydrogen-bond donors (Lipinski definition) is 2. The van der Waals surface area contributed by atoms with Gasteiger partial charge >= 0.3 is 5.97 Å². The number of carboxylic acid groups (broad SMARTS) is 1. The quantitative estimate of drug-likeness (QED) is 0.303. The van der Waals surface area contributed by atoms with Gasteiger partial charge < -0.3 is 10.2 Å². The molecule has 1 aliphatic rings.